The molecular formula is C28H36. The molecule has 5 aliphatic rings. The summed E-state index contributed by atoms with van der Waals surface area (Å²) in [5.74, 6) is 7.24. The fraction of sp³-hybridized carbons (Fsp3) is 0.571. The summed E-state index contributed by atoms with van der Waals surface area (Å²) < 4.78 is 0. The van der Waals surface area contributed by atoms with Gasteiger partial charge in [0.15, 0.2) is 0 Å². The van der Waals surface area contributed by atoms with Crippen LogP contribution in [-0.2, 0) is 0 Å². The molecule has 0 saturated heterocycles. The molecule has 0 N–H and O–H groups in total. The Kier molecular flexibility index (Phi) is 5.31. The molecule has 0 aromatic rings. The molecule has 0 aliphatic heterocycles. The SMILES string of the molecule is CCCCC1CC(CCC2C3C=CC=CC3C3C=CC=CC32)C2C=CC=CC12. The van der Waals surface area contributed by atoms with E-state index in [-0.39, 0.29) is 0 Å². The first kappa shape index (κ1) is 18.5. The Morgan fingerprint density at radius 1 is 0.536 bits per heavy atom. The quantitative estimate of drug-likeness (QED) is 0.459. The maximum absolute atomic E-state index is 2.55. The molecule has 0 heteroatoms. The van der Waals surface area contributed by atoms with E-state index >= 15 is 0 Å². The van der Waals surface area contributed by atoms with Gasteiger partial charge in [-0.2, -0.15) is 0 Å². The van der Waals surface area contributed by atoms with E-state index in [2.05, 4.69) is 79.8 Å². The molecule has 0 bridgehead atoms. The summed E-state index contributed by atoms with van der Waals surface area (Å²) in [4.78, 5) is 0. The third kappa shape index (κ3) is 3.23. The summed E-state index contributed by atoms with van der Waals surface area (Å²) in [5.41, 5.74) is 0. The van der Waals surface area contributed by atoms with Gasteiger partial charge in [0.05, 0.1) is 0 Å². The molecule has 0 amide bonds. The average Bonchev–Trinajstić information content (AvgIpc) is 3.27. The van der Waals surface area contributed by atoms with Gasteiger partial charge in [-0.3, -0.25) is 0 Å². The number of allylic oxidation sites excluding steroid dienone is 12. The summed E-state index contributed by atoms with van der Waals surface area (Å²) in [5, 5.41) is 0. The second kappa shape index (κ2) is 8.05. The summed E-state index contributed by atoms with van der Waals surface area (Å²) in [6, 6.07) is 0. The van der Waals surface area contributed by atoms with Crippen molar-refractivity contribution in [3.8, 4) is 0 Å². The van der Waals surface area contributed by atoms with Gasteiger partial charge in [-0.15, -0.1) is 0 Å². The Morgan fingerprint density at radius 2 is 1.00 bits per heavy atom. The van der Waals surface area contributed by atoms with E-state index < -0.39 is 0 Å². The predicted molar refractivity (Wildman–Crippen MR) is 120 cm³/mol. The number of unbranched alkanes of at least 4 members (excludes halogenated alkanes) is 1. The lowest BCUT2D eigenvalue weighted by atomic mass is 9.77. The van der Waals surface area contributed by atoms with E-state index in [1.165, 1.54) is 38.5 Å². The van der Waals surface area contributed by atoms with E-state index in [0.717, 1.165) is 53.3 Å². The van der Waals surface area contributed by atoms with Gasteiger partial charge in [0.25, 0.3) is 0 Å². The number of rotatable bonds is 6. The molecule has 0 heterocycles. The lowest BCUT2D eigenvalue weighted by Crippen LogP contribution is -2.19. The highest BCUT2D eigenvalue weighted by Crippen LogP contribution is 2.54. The highest BCUT2D eigenvalue weighted by atomic mass is 14.5. The standard InChI is InChI=1S/C28H36/c1-2-3-10-20-19-21(23-12-5-4-11-22(20)23)17-18-28-26-15-8-6-13-24(26)25-14-7-9-16-27(25)28/h4-9,11-16,20-28H,2-3,10,17-19H2,1H3. The van der Waals surface area contributed by atoms with Gasteiger partial charge in [0.2, 0.25) is 0 Å². The van der Waals surface area contributed by atoms with Crippen LogP contribution in [0.1, 0.15) is 45.4 Å². The van der Waals surface area contributed by atoms with Gasteiger partial charge in [-0.1, -0.05) is 92.7 Å². The van der Waals surface area contributed by atoms with Crippen molar-refractivity contribution in [1.29, 1.82) is 0 Å². The minimum Gasteiger partial charge on any atom is -0.0806 e. The van der Waals surface area contributed by atoms with E-state index in [1.54, 1.807) is 0 Å². The van der Waals surface area contributed by atoms with Crippen LogP contribution in [0, 0.1) is 53.3 Å². The highest BCUT2D eigenvalue weighted by molar-refractivity contribution is 5.28. The Balaban J connectivity index is 1.29. The molecule has 0 aromatic heterocycles. The zero-order chi connectivity index (χ0) is 18.9. The van der Waals surface area contributed by atoms with E-state index in [4.69, 9.17) is 0 Å². The molecule has 148 valence electrons. The molecule has 8 unspecified atom stereocenters. The summed E-state index contributed by atoms with van der Waals surface area (Å²) in [6.45, 7) is 2.34. The third-order valence-electron chi connectivity index (χ3n) is 8.59. The van der Waals surface area contributed by atoms with Crippen LogP contribution in [0.4, 0.5) is 0 Å². The van der Waals surface area contributed by atoms with Crippen LogP contribution < -0.4 is 0 Å². The molecular weight excluding hydrogens is 336 g/mol. The molecule has 2 saturated carbocycles. The molecule has 28 heavy (non-hydrogen) atoms. The van der Waals surface area contributed by atoms with Crippen LogP contribution in [0.15, 0.2) is 72.9 Å². The Morgan fingerprint density at radius 3 is 1.54 bits per heavy atom. The normalized spacial score (nSPS) is 44.7. The highest BCUT2D eigenvalue weighted by Gasteiger charge is 2.47. The monoisotopic (exact) mass is 372 g/mol. The van der Waals surface area contributed by atoms with E-state index in [1.807, 2.05) is 0 Å². The first-order chi connectivity index (χ1) is 13.9. The van der Waals surface area contributed by atoms with Gasteiger partial charge in [-0.05, 0) is 78.9 Å². The molecule has 0 spiro atoms. The van der Waals surface area contributed by atoms with Crippen molar-refractivity contribution < 1.29 is 0 Å². The second-order valence-corrected chi connectivity index (χ2v) is 9.91. The first-order valence-electron chi connectivity index (χ1n) is 11.9. The predicted octanol–water partition coefficient (Wildman–Crippen LogP) is 7.30. The minimum atomic E-state index is 0.729. The smallest absolute Gasteiger partial charge is 0.00956 e. The molecule has 0 radical (unpaired) electrons. The lowest BCUT2D eigenvalue weighted by Gasteiger charge is -2.28. The maximum atomic E-state index is 2.55. The zero-order valence-corrected chi connectivity index (χ0v) is 17.4. The van der Waals surface area contributed by atoms with Crippen molar-refractivity contribution in [2.24, 2.45) is 53.3 Å². The van der Waals surface area contributed by atoms with Gasteiger partial charge in [0.1, 0.15) is 0 Å². The van der Waals surface area contributed by atoms with Crippen LogP contribution in [0.2, 0.25) is 0 Å². The number of hydrogen-bond acceptors (Lipinski definition) is 0. The minimum absolute atomic E-state index is 0.729. The maximum Gasteiger partial charge on any atom is -0.00956 e. The molecule has 5 rings (SSSR count). The van der Waals surface area contributed by atoms with Crippen molar-refractivity contribution in [2.75, 3.05) is 0 Å². The number of hydrogen-bond donors (Lipinski definition) is 0. The van der Waals surface area contributed by atoms with Gasteiger partial charge in [-0.25, -0.2) is 0 Å². The zero-order valence-electron chi connectivity index (χ0n) is 17.4. The lowest BCUT2D eigenvalue weighted by molar-refractivity contribution is 0.291. The summed E-state index contributed by atoms with van der Waals surface area (Å²) in [7, 11) is 0. The van der Waals surface area contributed by atoms with Crippen LogP contribution >= 0.6 is 0 Å². The number of fused-ring (bicyclic) bond motifs is 4. The van der Waals surface area contributed by atoms with Crippen molar-refractivity contribution in [3.05, 3.63) is 72.9 Å². The summed E-state index contributed by atoms with van der Waals surface area (Å²) >= 11 is 0. The topological polar surface area (TPSA) is 0 Å². The summed E-state index contributed by atoms with van der Waals surface area (Å²) in [6.07, 6.45) is 37.4. The Hall–Kier alpha value is -1.56. The second-order valence-electron chi connectivity index (χ2n) is 9.91. The van der Waals surface area contributed by atoms with Crippen molar-refractivity contribution in [1.82, 2.24) is 0 Å². The fourth-order valence-corrected chi connectivity index (χ4v) is 7.33. The third-order valence-corrected chi connectivity index (χ3v) is 8.59. The molecule has 5 aliphatic carbocycles. The molecule has 0 nitrogen and oxygen atoms in total. The van der Waals surface area contributed by atoms with Crippen LogP contribution in [0.3, 0.4) is 0 Å². The average molecular weight is 373 g/mol. The van der Waals surface area contributed by atoms with Gasteiger partial charge >= 0.3 is 0 Å². The van der Waals surface area contributed by atoms with Crippen molar-refractivity contribution in [2.45, 2.75) is 45.4 Å². The fourth-order valence-electron chi connectivity index (χ4n) is 7.33. The van der Waals surface area contributed by atoms with Crippen LogP contribution in [0.5, 0.6) is 0 Å². The van der Waals surface area contributed by atoms with Crippen molar-refractivity contribution >= 4 is 0 Å². The van der Waals surface area contributed by atoms with Gasteiger partial charge in [0, 0.05) is 0 Å². The first-order valence-corrected chi connectivity index (χ1v) is 11.9. The molecule has 2 fully saturated rings. The Labute approximate surface area is 171 Å². The van der Waals surface area contributed by atoms with Crippen molar-refractivity contribution in [3.63, 3.8) is 0 Å². The van der Waals surface area contributed by atoms with Crippen LogP contribution in [0.25, 0.3) is 0 Å². The Bertz CT molecular complexity index is 695. The van der Waals surface area contributed by atoms with E-state index in [9.17, 15) is 0 Å². The molecule has 0 aromatic carbocycles. The van der Waals surface area contributed by atoms with E-state index in [0.29, 0.717) is 0 Å². The molecule has 8 atom stereocenters. The van der Waals surface area contributed by atoms with Gasteiger partial charge < -0.3 is 0 Å². The van der Waals surface area contributed by atoms with Crippen LogP contribution in [-0.4, -0.2) is 0 Å². The largest absolute Gasteiger partial charge is 0.0806 e.